The van der Waals surface area contributed by atoms with Crippen molar-refractivity contribution in [1.82, 2.24) is 31.9 Å². The topological polar surface area (TPSA) is 308 Å². The molecule has 0 unspecified atom stereocenters. The van der Waals surface area contributed by atoms with Crippen LogP contribution in [0.3, 0.4) is 0 Å². The number of ether oxygens (including phenoxy) is 4. The van der Waals surface area contributed by atoms with Crippen LogP contribution in [0.5, 0.6) is 5.75 Å². The number of hydrogen-bond donors (Lipinski definition) is 8. The van der Waals surface area contributed by atoms with Crippen molar-refractivity contribution in [3.05, 3.63) is 203 Å². The Kier molecular flexibility index (Phi) is 23.8. The molecule has 4 atom stereocenters. The quantitative estimate of drug-likeness (QED) is 0.0117. The molecule has 22 nitrogen and oxygen atoms in total. The number of guanidine groups is 1. The van der Waals surface area contributed by atoms with E-state index < -0.39 is 72.2 Å². The van der Waals surface area contributed by atoms with Gasteiger partial charge in [0.25, 0.3) is 5.91 Å². The zero-order valence-corrected chi connectivity index (χ0v) is 46.9. The second-order valence-corrected chi connectivity index (χ2v) is 19.9. The number of phenols is 1. The average Bonchev–Trinajstić information content (AvgIpc) is 2.51. The molecule has 0 saturated heterocycles. The van der Waals surface area contributed by atoms with Gasteiger partial charge in [0.15, 0.2) is 0 Å². The summed E-state index contributed by atoms with van der Waals surface area (Å²) < 4.78 is 21.6. The SMILES string of the molecule is Cc1cc(O)cc2c1C[C@H](NC(=O)OCc1ccccc1)C(=O)N2[C@H](CCCN/C(=N\C(=O)OCc1ccccc1)NC(=O)OCc1ccccc1)C(=O)N[C@@H](Cc1ccccc1)C(=O)N[C@@H](CCCCNC(=O)OCc1ccccc1)C(N)=O. The van der Waals surface area contributed by atoms with E-state index in [0.29, 0.717) is 46.2 Å². The molecule has 8 amide bonds. The first-order valence-electron chi connectivity index (χ1n) is 27.7. The summed E-state index contributed by atoms with van der Waals surface area (Å²) in [5.74, 6) is -3.84. The number of rotatable bonds is 26. The number of nitrogens with one attached hydrogen (secondary N) is 6. The Morgan fingerprint density at radius 3 is 1.64 bits per heavy atom. The predicted molar refractivity (Wildman–Crippen MR) is 314 cm³/mol. The maximum atomic E-state index is 15.3. The van der Waals surface area contributed by atoms with Crippen LogP contribution in [0.1, 0.15) is 71.0 Å². The number of unbranched alkanes of at least 4 members (excludes halogenated alkanes) is 1. The number of primary amides is 1. The number of carbonyl (C=O) groups is 8. The van der Waals surface area contributed by atoms with E-state index in [4.69, 9.17) is 24.7 Å². The number of amides is 8. The summed E-state index contributed by atoms with van der Waals surface area (Å²) in [7, 11) is 0. The molecule has 85 heavy (non-hydrogen) atoms. The molecule has 0 spiro atoms. The van der Waals surface area contributed by atoms with E-state index in [2.05, 4.69) is 36.9 Å². The summed E-state index contributed by atoms with van der Waals surface area (Å²) in [5, 5.41) is 27.3. The minimum Gasteiger partial charge on any atom is -0.508 e. The van der Waals surface area contributed by atoms with Crippen molar-refractivity contribution >= 4 is 59.6 Å². The number of phenolic OH excluding ortho intramolecular Hbond substituents is 1. The third-order valence-electron chi connectivity index (χ3n) is 13.5. The number of nitrogens with two attached hydrogens (primary N) is 1. The molecule has 6 aromatic rings. The molecule has 1 aliphatic rings. The van der Waals surface area contributed by atoms with Crippen molar-refractivity contribution in [3.8, 4) is 5.75 Å². The van der Waals surface area contributed by atoms with Crippen molar-refractivity contribution in [2.75, 3.05) is 18.0 Å². The van der Waals surface area contributed by atoms with Gasteiger partial charge in [-0.15, -0.1) is 4.99 Å². The number of aliphatic imine (C=N–C) groups is 1. The van der Waals surface area contributed by atoms with Crippen LogP contribution in [0.2, 0.25) is 0 Å². The molecule has 1 aliphatic heterocycles. The molecule has 0 aliphatic carbocycles. The third kappa shape index (κ3) is 20.3. The van der Waals surface area contributed by atoms with Crippen molar-refractivity contribution < 1.29 is 62.4 Å². The molecule has 0 saturated carbocycles. The fraction of sp³-hybridized carbons (Fsp3) is 0.286. The van der Waals surface area contributed by atoms with E-state index in [9.17, 15) is 33.9 Å². The van der Waals surface area contributed by atoms with Crippen molar-refractivity contribution in [3.63, 3.8) is 0 Å². The third-order valence-corrected chi connectivity index (χ3v) is 13.5. The Balaban J connectivity index is 1.12. The first-order chi connectivity index (χ1) is 41.2. The lowest BCUT2D eigenvalue weighted by atomic mass is 9.90. The van der Waals surface area contributed by atoms with Gasteiger partial charge in [-0.2, -0.15) is 0 Å². The summed E-state index contributed by atoms with van der Waals surface area (Å²) in [5.41, 5.74) is 10.5. The highest BCUT2D eigenvalue weighted by Gasteiger charge is 2.42. The smallest absolute Gasteiger partial charge is 0.437 e. The van der Waals surface area contributed by atoms with Crippen LogP contribution >= 0.6 is 0 Å². The monoisotopic (exact) mass is 1160 g/mol. The molecule has 444 valence electrons. The van der Waals surface area contributed by atoms with Crippen LogP contribution < -0.4 is 42.5 Å². The minimum atomic E-state index is -1.51. The number of carbonyl (C=O) groups excluding carboxylic acids is 8. The van der Waals surface area contributed by atoms with Gasteiger partial charge in [-0.3, -0.25) is 29.4 Å². The highest BCUT2D eigenvalue weighted by Crippen LogP contribution is 2.36. The van der Waals surface area contributed by atoms with E-state index >= 15 is 9.59 Å². The van der Waals surface area contributed by atoms with Crippen molar-refractivity contribution in [1.29, 1.82) is 0 Å². The molecule has 9 N–H and O–H groups in total. The van der Waals surface area contributed by atoms with E-state index in [1.165, 1.54) is 12.1 Å². The molecule has 0 radical (unpaired) electrons. The number of aryl methyl sites for hydroxylation is 1. The van der Waals surface area contributed by atoms with Crippen LogP contribution in [0.15, 0.2) is 169 Å². The van der Waals surface area contributed by atoms with E-state index in [1.807, 2.05) is 36.4 Å². The van der Waals surface area contributed by atoms with E-state index in [-0.39, 0.29) is 89.0 Å². The fourth-order valence-corrected chi connectivity index (χ4v) is 9.19. The van der Waals surface area contributed by atoms with Gasteiger partial charge in [-0.05, 0) is 84.0 Å². The van der Waals surface area contributed by atoms with Gasteiger partial charge in [-0.25, -0.2) is 19.2 Å². The molecule has 22 heteroatoms. The number of nitrogens with zero attached hydrogens (tertiary/aromatic N) is 2. The Bertz CT molecular complexity index is 3230. The second kappa shape index (κ2) is 32.4. The maximum Gasteiger partial charge on any atom is 0.437 e. The summed E-state index contributed by atoms with van der Waals surface area (Å²) in [6.07, 6.45) is -3.14. The second-order valence-electron chi connectivity index (χ2n) is 19.9. The highest BCUT2D eigenvalue weighted by atomic mass is 16.6. The first-order valence-corrected chi connectivity index (χ1v) is 27.7. The van der Waals surface area contributed by atoms with Gasteiger partial charge < -0.3 is 56.4 Å². The Hall–Kier alpha value is -10.2. The molecule has 0 aromatic heterocycles. The van der Waals surface area contributed by atoms with Crippen LogP contribution in [0.25, 0.3) is 0 Å². The van der Waals surface area contributed by atoms with E-state index in [0.717, 1.165) is 10.5 Å². The Morgan fingerprint density at radius 1 is 0.588 bits per heavy atom. The first kappa shape index (κ1) is 62.4. The fourth-order valence-electron chi connectivity index (χ4n) is 9.19. The van der Waals surface area contributed by atoms with Gasteiger partial charge in [-0.1, -0.05) is 152 Å². The molecule has 0 bridgehead atoms. The lowest BCUT2D eigenvalue weighted by Crippen LogP contribution is -2.61. The number of benzene rings is 6. The summed E-state index contributed by atoms with van der Waals surface area (Å²) in [6.45, 7) is 1.50. The number of anilines is 1. The van der Waals surface area contributed by atoms with Gasteiger partial charge in [0, 0.05) is 32.0 Å². The maximum absolute atomic E-state index is 15.3. The zero-order chi connectivity index (χ0) is 60.3. The van der Waals surface area contributed by atoms with Gasteiger partial charge in [0.05, 0.1) is 5.69 Å². The standard InChI is InChI=1S/C63H69N9O13/c1-42-34-48(73)36-54-49(42)37-52(69-61(79)83-39-45-24-11-4-12-25-45)58(77)72(54)53(31-19-33-65-59(70-62(80)84-40-46-26-13-5-14-27-46)71-63(81)85-41-47-28-15-6-16-29-47)57(76)68-51(35-43-20-7-2-8-21-43)56(75)67-50(55(64)74)30-17-18-32-66-60(78)82-38-44-22-9-3-10-23-44/h2-16,20-29,34,36,50-53,73H,17-19,30-33,35,37-41H2,1H3,(H2,64,74)(H,66,78)(H,67,75)(H,68,76)(H,69,79)(H2,65,70,71,80,81)/t50-,51-,52-,53+/m0/s1. The van der Waals surface area contributed by atoms with Gasteiger partial charge in [0.2, 0.25) is 23.7 Å². The molecule has 6 aromatic carbocycles. The normalized spacial score (nSPS) is 13.8. The number of alkyl carbamates (subject to hydrolysis) is 3. The van der Waals surface area contributed by atoms with Crippen molar-refractivity contribution in [2.24, 2.45) is 10.7 Å². The van der Waals surface area contributed by atoms with Crippen LogP contribution in [-0.2, 0) is 77.4 Å². The van der Waals surface area contributed by atoms with Gasteiger partial charge >= 0.3 is 24.4 Å². The van der Waals surface area contributed by atoms with E-state index in [1.54, 1.807) is 122 Å². The lowest BCUT2D eigenvalue weighted by molar-refractivity contribution is -0.132. The predicted octanol–water partition coefficient (Wildman–Crippen LogP) is 7.04. The number of aromatic hydroxyl groups is 1. The zero-order valence-electron chi connectivity index (χ0n) is 46.9. The molecular weight excluding hydrogens is 1090 g/mol. The lowest BCUT2D eigenvalue weighted by Gasteiger charge is -2.40. The molecular formula is C63H69N9O13. The number of fused-ring (bicyclic) bond motifs is 1. The molecule has 0 fully saturated rings. The van der Waals surface area contributed by atoms with Gasteiger partial charge in [0.1, 0.15) is 56.3 Å². The molecule has 1 heterocycles. The summed E-state index contributed by atoms with van der Waals surface area (Å²) >= 11 is 0. The van der Waals surface area contributed by atoms with Crippen LogP contribution in [0, 0.1) is 6.92 Å². The van der Waals surface area contributed by atoms with Crippen molar-refractivity contribution in [2.45, 2.75) is 102 Å². The average molecular weight is 1160 g/mol. The number of hydrogen-bond acceptors (Lipinski definition) is 13. The summed E-state index contributed by atoms with van der Waals surface area (Å²) in [6, 6.07) is 41.9. The highest BCUT2D eigenvalue weighted by molar-refractivity contribution is 6.07. The van der Waals surface area contributed by atoms with Crippen LogP contribution in [0.4, 0.5) is 24.9 Å². The molecule has 7 rings (SSSR count). The Labute approximate surface area is 491 Å². The summed E-state index contributed by atoms with van der Waals surface area (Å²) in [4.78, 5) is 115. The largest absolute Gasteiger partial charge is 0.508 e. The van der Waals surface area contributed by atoms with Crippen LogP contribution in [-0.4, -0.2) is 96.3 Å². The minimum absolute atomic E-state index is 0.00998. The Morgan fingerprint density at radius 2 is 1.08 bits per heavy atom.